The average Bonchev–Trinajstić information content (AvgIpc) is 2.97. The lowest BCUT2D eigenvalue weighted by atomic mass is 10.2. The van der Waals surface area contributed by atoms with Crippen LogP contribution >= 0.6 is 0 Å². The molecule has 0 amide bonds. The molecule has 1 aliphatic rings. The van der Waals surface area contributed by atoms with Crippen molar-refractivity contribution in [3.8, 4) is 0 Å². The molecule has 0 atom stereocenters. The summed E-state index contributed by atoms with van der Waals surface area (Å²) in [6.45, 7) is 5.50. The molecule has 0 saturated heterocycles. The predicted octanol–water partition coefficient (Wildman–Crippen LogP) is 0.642. The second-order valence-corrected chi connectivity index (χ2v) is 4.50. The number of hydrogen-bond acceptors (Lipinski definition) is 4. The lowest BCUT2D eigenvalue weighted by molar-refractivity contribution is -0.146. The summed E-state index contributed by atoms with van der Waals surface area (Å²) in [6.07, 6.45) is 2.27. The van der Waals surface area contributed by atoms with E-state index in [-0.39, 0.29) is 12.6 Å². The average molecular weight is 215 g/mol. The Morgan fingerprint density at radius 2 is 2.20 bits per heavy atom. The molecule has 4 heteroatoms. The number of carbonyl (C=O) groups is 1. The highest BCUT2D eigenvalue weighted by molar-refractivity contribution is 5.71. The summed E-state index contributed by atoms with van der Waals surface area (Å²) in [5, 5.41) is 8.85. The number of aliphatic hydroxyl groups excluding tert-OH is 1. The van der Waals surface area contributed by atoms with Crippen LogP contribution in [0.2, 0.25) is 0 Å². The molecule has 1 fully saturated rings. The summed E-state index contributed by atoms with van der Waals surface area (Å²) >= 11 is 0. The highest BCUT2D eigenvalue weighted by atomic mass is 16.5. The smallest absolute Gasteiger partial charge is 0.320 e. The number of nitrogens with zero attached hydrogens (tertiary/aromatic N) is 1. The zero-order valence-corrected chi connectivity index (χ0v) is 9.61. The summed E-state index contributed by atoms with van der Waals surface area (Å²) in [6, 6.07) is 0.490. The van der Waals surface area contributed by atoms with Crippen molar-refractivity contribution in [2.45, 2.75) is 32.7 Å². The summed E-state index contributed by atoms with van der Waals surface area (Å²) in [4.78, 5) is 13.4. The van der Waals surface area contributed by atoms with Crippen LogP contribution in [0, 0.1) is 5.92 Å². The first kappa shape index (κ1) is 12.5. The van der Waals surface area contributed by atoms with Crippen molar-refractivity contribution in [2.24, 2.45) is 5.92 Å². The third-order valence-electron chi connectivity index (χ3n) is 2.36. The summed E-state index contributed by atoms with van der Waals surface area (Å²) < 4.78 is 5.10. The maximum atomic E-state index is 11.4. The van der Waals surface area contributed by atoms with E-state index in [1.54, 1.807) is 0 Å². The largest absolute Gasteiger partial charge is 0.464 e. The molecule has 0 heterocycles. The van der Waals surface area contributed by atoms with E-state index in [9.17, 15) is 4.79 Å². The Hall–Kier alpha value is -0.610. The number of ether oxygens (including phenoxy) is 1. The van der Waals surface area contributed by atoms with Gasteiger partial charge < -0.3 is 9.84 Å². The summed E-state index contributed by atoms with van der Waals surface area (Å²) in [5.74, 6) is 0.199. The highest BCUT2D eigenvalue weighted by Gasteiger charge is 2.30. The van der Waals surface area contributed by atoms with Gasteiger partial charge in [0.15, 0.2) is 0 Å². The number of aliphatic hydroxyl groups is 1. The van der Waals surface area contributed by atoms with E-state index in [1.807, 2.05) is 18.7 Å². The minimum absolute atomic E-state index is 0.105. The molecule has 0 aromatic heterocycles. The SMILES string of the molecule is CC(C)COC(=O)CN(CCO)C1CC1. The molecule has 4 nitrogen and oxygen atoms in total. The van der Waals surface area contributed by atoms with Gasteiger partial charge in [-0.25, -0.2) is 0 Å². The minimum atomic E-state index is -0.177. The van der Waals surface area contributed by atoms with Crippen molar-refractivity contribution in [2.75, 3.05) is 26.3 Å². The fraction of sp³-hybridized carbons (Fsp3) is 0.909. The van der Waals surface area contributed by atoms with E-state index in [0.29, 0.717) is 31.7 Å². The van der Waals surface area contributed by atoms with E-state index in [1.165, 1.54) is 0 Å². The summed E-state index contributed by atoms with van der Waals surface area (Å²) in [7, 11) is 0. The number of rotatable bonds is 7. The highest BCUT2D eigenvalue weighted by Crippen LogP contribution is 2.26. The molecule has 0 radical (unpaired) electrons. The third-order valence-corrected chi connectivity index (χ3v) is 2.36. The number of carbonyl (C=O) groups excluding carboxylic acids is 1. The van der Waals surface area contributed by atoms with Crippen molar-refractivity contribution < 1.29 is 14.6 Å². The molecular formula is C11H21NO3. The molecule has 0 aromatic rings. The van der Waals surface area contributed by atoms with E-state index in [2.05, 4.69) is 0 Å². The van der Waals surface area contributed by atoms with Gasteiger partial charge in [0.1, 0.15) is 0 Å². The Bertz CT molecular complexity index is 202. The van der Waals surface area contributed by atoms with Gasteiger partial charge in [-0.3, -0.25) is 9.69 Å². The fourth-order valence-electron chi connectivity index (χ4n) is 1.43. The van der Waals surface area contributed by atoms with Gasteiger partial charge in [-0.1, -0.05) is 13.8 Å². The standard InChI is InChI=1S/C11H21NO3/c1-9(2)8-15-11(14)7-12(5-6-13)10-3-4-10/h9-10,13H,3-8H2,1-2H3. The Kier molecular flexibility index (Phi) is 5.05. The molecule has 0 bridgehead atoms. The fourth-order valence-corrected chi connectivity index (χ4v) is 1.43. The molecule has 1 rings (SSSR count). The molecule has 0 spiro atoms. The monoisotopic (exact) mass is 215 g/mol. The maximum Gasteiger partial charge on any atom is 0.320 e. The van der Waals surface area contributed by atoms with Gasteiger partial charge in [-0.15, -0.1) is 0 Å². The first-order valence-corrected chi connectivity index (χ1v) is 5.64. The minimum Gasteiger partial charge on any atom is -0.464 e. The second-order valence-electron chi connectivity index (χ2n) is 4.50. The molecular weight excluding hydrogens is 194 g/mol. The van der Waals surface area contributed by atoms with Crippen LogP contribution in [-0.4, -0.2) is 48.3 Å². The van der Waals surface area contributed by atoms with Gasteiger partial charge >= 0.3 is 5.97 Å². The first-order valence-electron chi connectivity index (χ1n) is 5.64. The molecule has 0 aromatic carbocycles. The Balaban J connectivity index is 2.21. The van der Waals surface area contributed by atoms with Crippen LogP contribution in [0.15, 0.2) is 0 Å². The van der Waals surface area contributed by atoms with Crippen molar-refractivity contribution in [1.29, 1.82) is 0 Å². The lowest BCUT2D eigenvalue weighted by Crippen LogP contribution is -2.35. The molecule has 15 heavy (non-hydrogen) atoms. The molecule has 1 aliphatic carbocycles. The van der Waals surface area contributed by atoms with Gasteiger partial charge in [0.2, 0.25) is 0 Å². The van der Waals surface area contributed by atoms with Crippen LogP contribution in [0.5, 0.6) is 0 Å². The molecule has 88 valence electrons. The van der Waals surface area contributed by atoms with E-state index >= 15 is 0 Å². The van der Waals surface area contributed by atoms with Crippen molar-refractivity contribution >= 4 is 5.97 Å². The van der Waals surface area contributed by atoms with Gasteiger partial charge in [0.25, 0.3) is 0 Å². The Morgan fingerprint density at radius 1 is 1.53 bits per heavy atom. The number of esters is 1. The third kappa shape index (κ3) is 5.14. The van der Waals surface area contributed by atoms with Crippen molar-refractivity contribution in [1.82, 2.24) is 4.90 Å². The molecule has 0 unspecified atom stereocenters. The van der Waals surface area contributed by atoms with E-state index in [4.69, 9.17) is 9.84 Å². The zero-order valence-electron chi connectivity index (χ0n) is 9.61. The van der Waals surface area contributed by atoms with Crippen LogP contribution in [0.4, 0.5) is 0 Å². The van der Waals surface area contributed by atoms with Crippen LogP contribution < -0.4 is 0 Å². The Labute approximate surface area is 91.2 Å². The molecule has 1 N–H and O–H groups in total. The van der Waals surface area contributed by atoms with Crippen LogP contribution in [0.25, 0.3) is 0 Å². The molecule has 1 saturated carbocycles. The first-order chi connectivity index (χ1) is 7.13. The normalized spacial score (nSPS) is 16.1. The van der Waals surface area contributed by atoms with Gasteiger partial charge in [0, 0.05) is 12.6 Å². The van der Waals surface area contributed by atoms with Gasteiger partial charge in [0.05, 0.1) is 19.8 Å². The van der Waals surface area contributed by atoms with Crippen LogP contribution in [0.1, 0.15) is 26.7 Å². The molecule has 0 aliphatic heterocycles. The van der Waals surface area contributed by atoms with Gasteiger partial charge in [-0.05, 0) is 18.8 Å². The van der Waals surface area contributed by atoms with Crippen LogP contribution in [0.3, 0.4) is 0 Å². The topological polar surface area (TPSA) is 49.8 Å². The lowest BCUT2D eigenvalue weighted by Gasteiger charge is -2.19. The van der Waals surface area contributed by atoms with Crippen molar-refractivity contribution in [3.63, 3.8) is 0 Å². The zero-order chi connectivity index (χ0) is 11.3. The maximum absolute atomic E-state index is 11.4. The predicted molar refractivity (Wildman–Crippen MR) is 57.5 cm³/mol. The number of hydrogen-bond donors (Lipinski definition) is 1. The van der Waals surface area contributed by atoms with E-state index < -0.39 is 0 Å². The Morgan fingerprint density at radius 3 is 2.67 bits per heavy atom. The second kappa shape index (κ2) is 6.08. The quantitative estimate of drug-likeness (QED) is 0.633. The van der Waals surface area contributed by atoms with E-state index in [0.717, 1.165) is 12.8 Å². The summed E-state index contributed by atoms with van der Waals surface area (Å²) in [5.41, 5.74) is 0. The van der Waals surface area contributed by atoms with Crippen molar-refractivity contribution in [3.05, 3.63) is 0 Å². The van der Waals surface area contributed by atoms with Crippen LogP contribution in [-0.2, 0) is 9.53 Å². The van der Waals surface area contributed by atoms with Gasteiger partial charge in [-0.2, -0.15) is 0 Å².